The van der Waals surface area contributed by atoms with Gasteiger partial charge in [-0.1, -0.05) is 18.2 Å². The highest BCUT2D eigenvalue weighted by Crippen LogP contribution is 2.30. The molecule has 0 atom stereocenters. The first-order valence-electron chi connectivity index (χ1n) is 9.80. The number of benzene rings is 2. The topological polar surface area (TPSA) is 110 Å². The van der Waals surface area contributed by atoms with Gasteiger partial charge in [0.05, 0.1) is 23.3 Å². The van der Waals surface area contributed by atoms with Gasteiger partial charge in [0.25, 0.3) is 0 Å². The third kappa shape index (κ3) is 4.86. The monoisotopic (exact) mass is 447 g/mol. The molecule has 0 aliphatic carbocycles. The van der Waals surface area contributed by atoms with Crippen LogP contribution in [-0.4, -0.2) is 61.7 Å². The summed E-state index contributed by atoms with van der Waals surface area (Å²) in [7, 11) is -2.64. The number of amides is 1. The van der Waals surface area contributed by atoms with E-state index < -0.39 is 20.6 Å². The number of hydrogen-bond donors (Lipinski definition) is 0. The van der Waals surface area contributed by atoms with Crippen molar-refractivity contribution in [2.24, 2.45) is 0 Å². The number of carbonyl (C=O) groups is 1. The first-order chi connectivity index (χ1) is 14.6. The average Bonchev–Trinajstić information content (AvgIpc) is 2.75. The average molecular weight is 448 g/mol. The van der Waals surface area contributed by atoms with Crippen LogP contribution in [0.2, 0.25) is 0 Å². The summed E-state index contributed by atoms with van der Waals surface area (Å²) in [4.78, 5) is 24.7. The number of rotatable bonds is 6. The molecule has 1 amide bonds. The Morgan fingerprint density at radius 3 is 2.32 bits per heavy atom. The van der Waals surface area contributed by atoms with Gasteiger partial charge in [-0.05, 0) is 42.7 Å². The number of nitrogens with zero attached hydrogens (tertiary/aromatic N) is 3. The highest BCUT2D eigenvalue weighted by Gasteiger charge is 2.31. The van der Waals surface area contributed by atoms with Crippen LogP contribution in [0.4, 0.5) is 5.69 Å². The summed E-state index contributed by atoms with van der Waals surface area (Å²) in [6.07, 6.45) is 0.262. The number of sulfonamides is 1. The SMILES string of the molecule is COc1ccc(S(=O)(=O)N2CCN(C(=O)Cc3ccc(C)c(C)c3)CC2)cc1[N+](=O)[O-]. The number of hydrogen-bond acceptors (Lipinski definition) is 6. The fourth-order valence-corrected chi connectivity index (χ4v) is 4.94. The van der Waals surface area contributed by atoms with E-state index in [-0.39, 0.29) is 49.2 Å². The molecular weight excluding hydrogens is 422 g/mol. The Balaban J connectivity index is 1.68. The number of ether oxygens (including phenoxy) is 1. The zero-order chi connectivity index (χ0) is 22.8. The smallest absolute Gasteiger partial charge is 0.312 e. The molecule has 3 rings (SSSR count). The van der Waals surface area contributed by atoms with Crippen LogP contribution < -0.4 is 4.74 Å². The van der Waals surface area contributed by atoms with Crippen molar-refractivity contribution in [2.45, 2.75) is 25.2 Å². The van der Waals surface area contributed by atoms with Crippen LogP contribution in [0.15, 0.2) is 41.3 Å². The lowest BCUT2D eigenvalue weighted by molar-refractivity contribution is -0.386. The Hall–Kier alpha value is -2.98. The van der Waals surface area contributed by atoms with Crippen LogP contribution in [0.3, 0.4) is 0 Å². The standard InChI is InChI=1S/C21H25N3O6S/c1-15-4-5-17(12-16(15)2)13-21(25)22-8-10-23(11-9-22)31(28,29)18-6-7-20(30-3)19(14-18)24(26)27/h4-7,12,14H,8-11,13H2,1-3H3. The van der Waals surface area contributed by atoms with E-state index in [1.54, 1.807) is 4.90 Å². The normalized spacial score (nSPS) is 15.0. The number of aryl methyl sites for hydroxylation is 2. The van der Waals surface area contributed by atoms with Crippen molar-refractivity contribution in [2.75, 3.05) is 33.3 Å². The van der Waals surface area contributed by atoms with Gasteiger partial charge in [-0.3, -0.25) is 14.9 Å². The van der Waals surface area contributed by atoms with E-state index in [0.717, 1.165) is 22.8 Å². The molecule has 0 spiro atoms. The minimum absolute atomic E-state index is 0.00860. The first-order valence-corrected chi connectivity index (χ1v) is 11.2. The predicted molar refractivity (Wildman–Crippen MR) is 115 cm³/mol. The van der Waals surface area contributed by atoms with Gasteiger partial charge in [-0.2, -0.15) is 4.31 Å². The van der Waals surface area contributed by atoms with Crippen LogP contribution in [0.25, 0.3) is 0 Å². The summed E-state index contributed by atoms with van der Waals surface area (Å²) in [6.45, 7) is 4.79. The van der Waals surface area contributed by atoms with Gasteiger partial charge in [0.15, 0.2) is 5.75 Å². The third-order valence-electron chi connectivity index (χ3n) is 5.50. The molecule has 2 aromatic carbocycles. The number of methoxy groups -OCH3 is 1. The largest absolute Gasteiger partial charge is 0.490 e. The fraction of sp³-hybridized carbons (Fsp3) is 0.381. The number of piperazine rings is 1. The molecule has 1 heterocycles. The zero-order valence-corrected chi connectivity index (χ0v) is 18.5. The van der Waals surface area contributed by atoms with Gasteiger partial charge >= 0.3 is 5.69 Å². The van der Waals surface area contributed by atoms with Crippen LogP contribution in [-0.2, 0) is 21.2 Å². The predicted octanol–water partition coefficient (Wildman–Crippen LogP) is 2.30. The minimum atomic E-state index is -3.93. The van der Waals surface area contributed by atoms with Crippen molar-refractivity contribution in [3.05, 3.63) is 63.2 Å². The van der Waals surface area contributed by atoms with Crippen LogP contribution >= 0.6 is 0 Å². The quantitative estimate of drug-likeness (QED) is 0.496. The van der Waals surface area contributed by atoms with Gasteiger partial charge in [0.1, 0.15) is 0 Å². The van der Waals surface area contributed by atoms with Crippen LogP contribution in [0.5, 0.6) is 5.75 Å². The molecule has 1 saturated heterocycles. The Morgan fingerprint density at radius 1 is 1.06 bits per heavy atom. The second-order valence-corrected chi connectivity index (χ2v) is 9.41. The Labute approximate surface area is 181 Å². The van der Waals surface area contributed by atoms with Gasteiger partial charge < -0.3 is 9.64 Å². The molecule has 0 saturated carbocycles. The molecule has 31 heavy (non-hydrogen) atoms. The van der Waals surface area contributed by atoms with Crippen molar-refractivity contribution >= 4 is 21.6 Å². The molecule has 2 aromatic rings. The van der Waals surface area contributed by atoms with Gasteiger partial charge in [0.2, 0.25) is 15.9 Å². The minimum Gasteiger partial charge on any atom is -0.490 e. The Bertz CT molecular complexity index is 1110. The molecule has 1 aliphatic heterocycles. The lowest BCUT2D eigenvalue weighted by atomic mass is 10.0. The molecular formula is C21H25N3O6S. The summed E-state index contributed by atoms with van der Waals surface area (Å²) >= 11 is 0. The highest BCUT2D eigenvalue weighted by molar-refractivity contribution is 7.89. The van der Waals surface area contributed by atoms with Crippen LogP contribution in [0, 0.1) is 24.0 Å². The van der Waals surface area contributed by atoms with Crippen molar-refractivity contribution in [1.82, 2.24) is 9.21 Å². The molecule has 10 heteroatoms. The third-order valence-corrected chi connectivity index (χ3v) is 7.40. The van der Waals surface area contributed by atoms with Crippen molar-refractivity contribution in [1.29, 1.82) is 0 Å². The highest BCUT2D eigenvalue weighted by atomic mass is 32.2. The molecule has 9 nitrogen and oxygen atoms in total. The van der Waals surface area contributed by atoms with Crippen LogP contribution in [0.1, 0.15) is 16.7 Å². The van der Waals surface area contributed by atoms with E-state index in [0.29, 0.717) is 0 Å². The lowest BCUT2D eigenvalue weighted by Gasteiger charge is -2.34. The molecule has 1 aliphatic rings. The van der Waals surface area contributed by atoms with E-state index in [9.17, 15) is 23.3 Å². The molecule has 166 valence electrons. The molecule has 0 radical (unpaired) electrons. The number of carbonyl (C=O) groups excluding carboxylic acids is 1. The van der Waals surface area contributed by atoms with E-state index in [2.05, 4.69) is 0 Å². The maximum absolute atomic E-state index is 13.0. The van der Waals surface area contributed by atoms with Gasteiger partial charge in [-0.25, -0.2) is 8.42 Å². The Kier molecular flexibility index (Phi) is 6.61. The fourth-order valence-electron chi connectivity index (χ4n) is 3.50. The summed E-state index contributed by atoms with van der Waals surface area (Å²) in [5.41, 5.74) is 2.79. The van der Waals surface area contributed by atoms with E-state index in [1.807, 2.05) is 32.0 Å². The van der Waals surface area contributed by atoms with E-state index in [1.165, 1.54) is 23.5 Å². The zero-order valence-electron chi connectivity index (χ0n) is 17.7. The molecule has 0 bridgehead atoms. The molecule has 1 fully saturated rings. The van der Waals surface area contributed by atoms with E-state index >= 15 is 0 Å². The number of nitro benzene ring substituents is 1. The summed E-state index contributed by atoms with van der Waals surface area (Å²) in [5, 5.41) is 11.2. The molecule has 0 aromatic heterocycles. The summed E-state index contributed by atoms with van der Waals surface area (Å²) in [5.74, 6) is -0.0638. The van der Waals surface area contributed by atoms with Crippen molar-refractivity contribution in [3.63, 3.8) is 0 Å². The molecule has 0 unspecified atom stereocenters. The molecule has 0 N–H and O–H groups in total. The maximum atomic E-state index is 13.0. The second-order valence-electron chi connectivity index (χ2n) is 7.47. The first kappa shape index (κ1) is 22.7. The van der Waals surface area contributed by atoms with E-state index in [4.69, 9.17) is 4.74 Å². The van der Waals surface area contributed by atoms with Gasteiger partial charge in [0, 0.05) is 32.2 Å². The second kappa shape index (κ2) is 9.03. The maximum Gasteiger partial charge on any atom is 0.312 e. The van der Waals surface area contributed by atoms with Gasteiger partial charge in [-0.15, -0.1) is 0 Å². The van der Waals surface area contributed by atoms with Crippen molar-refractivity contribution in [3.8, 4) is 5.75 Å². The summed E-state index contributed by atoms with van der Waals surface area (Å²) in [6, 6.07) is 9.47. The lowest BCUT2D eigenvalue weighted by Crippen LogP contribution is -2.50. The summed E-state index contributed by atoms with van der Waals surface area (Å²) < 4.78 is 32.1. The Morgan fingerprint density at radius 2 is 1.74 bits per heavy atom. The number of nitro groups is 1. The van der Waals surface area contributed by atoms with Crippen molar-refractivity contribution < 1.29 is 22.9 Å².